The van der Waals surface area contributed by atoms with Crippen LogP contribution in [0.3, 0.4) is 0 Å². The summed E-state index contributed by atoms with van der Waals surface area (Å²) >= 11 is 0. The van der Waals surface area contributed by atoms with Crippen molar-refractivity contribution in [3.05, 3.63) is 313 Å². The van der Waals surface area contributed by atoms with Crippen LogP contribution in [-0.2, 0) is 39.9 Å². The van der Waals surface area contributed by atoms with Crippen molar-refractivity contribution in [3.63, 3.8) is 0 Å². The summed E-state index contributed by atoms with van der Waals surface area (Å²) in [5, 5.41) is 38.0. The molecule has 0 bridgehead atoms. The normalized spacial score (nSPS) is 26.2. The number of ether oxygens (including phenoxy) is 5. The smallest absolute Gasteiger partial charge is 0.131 e. The van der Waals surface area contributed by atoms with Crippen LogP contribution in [0.5, 0.6) is 11.5 Å². The second kappa shape index (κ2) is 33.8. The SMILES string of the molecule is CC(C)(C)c1ccc2c(c1)C1OCCC1C(c1cccc(O)c1)N2.CC(C)(C)c1ccc2c(c1)C1OCCC1C(c1cccc(O)c1)N2.CC(C)(C)c1ccc2c(c1)[C@@H]1OCCC[C@@H]1[C@@H](c1c(F)cccc1F)N2.Cc1ccc2c(c1)C1OCCCC1C(c1ccccc1)N2.Cc1ccc2c(c1)[C@H]1OCCC[C@H]1[C@H](c1ccccc1)N2. The topological polar surface area (TPSA) is 147 Å². The van der Waals surface area contributed by atoms with E-state index in [0.29, 0.717) is 53.9 Å². The maximum Gasteiger partial charge on any atom is 0.131 e. The van der Waals surface area contributed by atoms with Gasteiger partial charge in [0.15, 0.2) is 0 Å². The van der Waals surface area contributed by atoms with Gasteiger partial charge in [-0.05, 0) is 187 Å². The molecule has 606 valence electrons. The van der Waals surface area contributed by atoms with Crippen LogP contribution in [-0.4, -0.2) is 43.2 Å². The van der Waals surface area contributed by atoms with Crippen LogP contribution in [0.2, 0.25) is 0 Å². The molecule has 5 saturated heterocycles. The van der Waals surface area contributed by atoms with Crippen molar-refractivity contribution < 1.29 is 42.7 Å². The summed E-state index contributed by atoms with van der Waals surface area (Å²) in [6, 6.07) is 74.5. The first-order chi connectivity index (χ1) is 55.9. The number of halogens is 2. The molecule has 12 nitrogen and oxygen atoms in total. The lowest BCUT2D eigenvalue weighted by molar-refractivity contribution is -0.0388. The van der Waals surface area contributed by atoms with Crippen molar-refractivity contribution in [1.29, 1.82) is 0 Å². The largest absolute Gasteiger partial charge is 0.508 e. The highest BCUT2D eigenvalue weighted by Crippen LogP contribution is 2.56. The third-order valence-electron chi connectivity index (χ3n) is 25.9. The Balaban J connectivity index is 0.000000109. The van der Waals surface area contributed by atoms with Gasteiger partial charge in [0, 0.05) is 124 Å². The molecule has 15 atom stereocenters. The maximum atomic E-state index is 14.5. The van der Waals surface area contributed by atoms with E-state index in [9.17, 15) is 19.0 Å². The van der Waals surface area contributed by atoms with Crippen molar-refractivity contribution in [2.45, 2.75) is 205 Å². The summed E-state index contributed by atoms with van der Waals surface area (Å²) in [5.41, 5.74) is 24.0. The molecule has 0 amide bonds. The Bertz CT molecular complexity index is 4830. The standard InChI is InChI=1S/C22H25F2NO.2C21H25NO2.2C19H21NO/c1-22(2,3)13-9-10-18-15(12-13)21-14(6-5-11-26-21)20(25-18)19-16(23)7-4-8-17(19)24;2*1-21(2,3)14-7-8-18-17(12-14)20-16(9-10-24-20)19(22-18)13-5-4-6-15(23)11-13;2*1-13-9-10-17-16(12-13)19-15(8-5-11-21-19)18(20-17)14-6-3-2-4-7-14/h4,7-10,12,14,20-21,25H,5-6,11H2,1-3H3;2*4-8,11-12,16,19-20,22-23H,9-10H2,1-3H3;2*2-4,6-7,9-10,12,15,18-20H,5,8,11H2,1H3/t14-,20+,21-;;;15-,18-,19-;/m1..0./s1. The number of anilines is 5. The van der Waals surface area contributed by atoms with Crippen molar-refractivity contribution in [1.82, 2.24) is 0 Å². The van der Waals surface area contributed by atoms with E-state index in [1.165, 1.54) is 104 Å². The zero-order chi connectivity index (χ0) is 80.7. The fraction of sp³-hybridized carbons (Fsp3) is 0.412. The molecule has 116 heavy (non-hydrogen) atoms. The minimum atomic E-state index is -0.499. The number of aromatic hydroxyl groups is 2. The van der Waals surface area contributed by atoms with Crippen LogP contribution in [0.4, 0.5) is 37.2 Å². The van der Waals surface area contributed by atoms with Gasteiger partial charge in [-0.15, -0.1) is 0 Å². The van der Waals surface area contributed by atoms with E-state index >= 15 is 0 Å². The molecule has 10 aliphatic rings. The summed E-state index contributed by atoms with van der Waals surface area (Å²) in [7, 11) is 0. The molecule has 7 N–H and O–H groups in total. The molecule has 0 aliphatic carbocycles. The van der Waals surface area contributed by atoms with Gasteiger partial charge in [0.1, 0.15) is 23.1 Å². The molecule has 10 aliphatic heterocycles. The van der Waals surface area contributed by atoms with Gasteiger partial charge in [0.2, 0.25) is 0 Å². The molecule has 0 saturated carbocycles. The third-order valence-corrected chi connectivity index (χ3v) is 25.9. The van der Waals surface area contributed by atoms with E-state index in [0.717, 1.165) is 98.7 Å². The number of benzene rings is 10. The van der Waals surface area contributed by atoms with Gasteiger partial charge >= 0.3 is 0 Å². The predicted octanol–water partition coefficient (Wildman–Crippen LogP) is 25.0. The number of phenols is 2. The number of hydrogen-bond donors (Lipinski definition) is 7. The Morgan fingerprint density at radius 2 is 0.578 bits per heavy atom. The Hall–Kier alpha value is -9.54. The summed E-state index contributed by atoms with van der Waals surface area (Å²) in [4.78, 5) is 0. The van der Waals surface area contributed by atoms with Crippen LogP contribution < -0.4 is 26.6 Å². The van der Waals surface area contributed by atoms with Crippen molar-refractivity contribution in [3.8, 4) is 11.5 Å². The predicted molar refractivity (Wildman–Crippen MR) is 463 cm³/mol. The van der Waals surface area contributed by atoms with E-state index in [2.05, 4.69) is 260 Å². The first kappa shape index (κ1) is 80.3. The molecule has 20 rings (SSSR count). The van der Waals surface area contributed by atoms with E-state index in [-0.39, 0.29) is 70.3 Å². The number of hydrogen-bond acceptors (Lipinski definition) is 12. The molecule has 5 fully saturated rings. The lowest BCUT2D eigenvalue weighted by Gasteiger charge is -2.44. The Morgan fingerprint density at radius 1 is 0.293 bits per heavy atom. The van der Waals surface area contributed by atoms with Crippen LogP contribution in [0.25, 0.3) is 0 Å². The van der Waals surface area contributed by atoms with Gasteiger partial charge in [-0.1, -0.05) is 225 Å². The Morgan fingerprint density at radius 3 is 0.922 bits per heavy atom. The van der Waals surface area contributed by atoms with E-state index in [1.54, 1.807) is 12.1 Å². The lowest BCUT2D eigenvalue weighted by atomic mass is 9.75. The molecule has 0 radical (unpaired) electrons. The third kappa shape index (κ3) is 17.0. The van der Waals surface area contributed by atoms with Gasteiger partial charge in [0.05, 0.1) is 60.7 Å². The van der Waals surface area contributed by atoms with Crippen LogP contribution in [0, 0.1) is 55.1 Å². The van der Waals surface area contributed by atoms with Crippen LogP contribution in [0.1, 0.15) is 258 Å². The average Bonchev–Trinajstić information content (AvgIpc) is 1.64. The minimum absolute atomic E-state index is 0.0119. The molecule has 9 unspecified atom stereocenters. The second-order valence-corrected chi connectivity index (χ2v) is 36.9. The monoisotopic (exact) mass is 1560 g/mol. The van der Waals surface area contributed by atoms with Gasteiger partial charge < -0.3 is 60.5 Å². The molecule has 10 heterocycles. The fourth-order valence-electron chi connectivity index (χ4n) is 19.8. The number of phenolic OH excluding ortho intramolecular Hbond substituents is 2. The Kier molecular flexibility index (Phi) is 23.4. The summed E-state index contributed by atoms with van der Waals surface area (Å²) in [5.74, 6) is 1.49. The molecule has 10 aromatic carbocycles. The molecular weight excluding hydrogens is 1450 g/mol. The van der Waals surface area contributed by atoms with Crippen LogP contribution >= 0.6 is 0 Å². The summed E-state index contributed by atoms with van der Waals surface area (Å²) in [6.45, 7) is 28.4. The maximum absolute atomic E-state index is 14.5. The zero-order valence-electron chi connectivity index (χ0n) is 69.3. The fourth-order valence-corrected chi connectivity index (χ4v) is 19.8. The van der Waals surface area contributed by atoms with E-state index in [1.807, 2.05) is 30.3 Å². The van der Waals surface area contributed by atoms with Crippen LogP contribution in [0.15, 0.2) is 218 Å². The summed E-state index contributed by atoms with van der Waals surface area (Å²) in [6.07, 6.45) is 9.25. The highest BCUT2D eigenvalue weighted by molar-refractivity contribution is 5.64. The molecule has 0 aromatic heterocycles. The van der Waals surface area contributed by atoms with Gasteiger partial charge in [-0.2, -0.15) is 0 Å². The first-order valence-corrected chi connectivity index (χ1v) is 42.6. The van der Waals surface area contributed by atoms with Crippen molar-refractivity contribution in [2.75, 3.05) is 59.6 Å². The quantitative estimate of drug-likeness (QED) is 0.0880. The van der Waals surface area contributed by atoms with Crippen molar-refractivity contribution >= 4 is 28.4 Å². The zero-order valence-corrected chi connectivity index (χ0v) is 69.3. The molecule has 14 heteroatoms. The lowest BCUT2D eigenvalue weighted by Crippen LogP contribution is -2.37. The molecular formula is C102H117F2N5O7. The molecule has 10 aromatic rings. The molecule has 0 spiro atoms. The average molecular weight is 1560 g/mol. The summed E-state index contributed by atoms with van der Waals surface area (Å²) < 4.78 is 59.7. The number of fused-ring (bicyclic) bond motifs is 15. The number of rotatable bonds is 5. The number of aryl methyl sites for hydroxylation is 2. The number of nitrogens with one attached hydrogen (secondary N) is 5. The van der Waals surface area contributed by atoms with Gasteiger partial charge in [0.25, 0.3) is 0 Å². The highest BCUT2D eigenvalue weighted by atomic mass is 19.1. The van der Waals surface area contributed by atoms with E-state index in [4.69, 9.17) is 23.7 Å². The first-order valence-electron chi connectivity index (χ1n) is 42.6. The van der Waals surface area contributed by atoms with Gasteiger partial charge in [-0.25, -0.2) is 8.78 Å². The minimum Gasteiger partial charge on any atom is -0.508 e. The van der Waals surface area contributed by atoms with E-state index < -0.39 is 17.7 Å². The second-order valence-electron chi connectivity index (χ2n) is 36.9. The van der Waals surface area contributed by atoms with Crippen molar-refractivity contribution in [2.24, 2.45) is 29.6 Å². The Labute approximate surface area is 685 Å². The highest BCUT2D eigenvalue weighted by Gasteiger charge is 2.47. The van der Waals surface area contributed by atoms with Gasteiger partial charge in [-0.3, -0.25) is 0 Å².